The van der Waals surface area contributed by atoms with Crippen molar-refractivity contribution in [2.24, 2.45) is 21.8 Å². The first-order chi connectivity index (χ1) is 12.2. The van der Waals surface area contributed by atoms with Gasteiger partial charge in [0.25, 0.3) is 0 Å². The third-order valence-electron chi connectivity index (χ3n) is 4.33. The number of nitrogens with one attached hydrogen (secondary N) is 1. The Balaban J connectivity index is 1.97. The quantitative estimate of drug-likeness (QED) is 0.212. The van der Waals surface area contributed by atoms with Crippen molar-refractivity contribution in [3.8, 4) is 11.1 Å². The number of anilines is 1. The van der Waals surface area contributed by atoms with Gasteiger partial charge in [0.05, 0.1) is 0 Å². The van der Waals surface area contributed by atoms with Crippen LogP contribution in [-0.4, -0.2) is 23.9 Å². The van der Waals surface area contributed by atoms with Crippen molar-refractivity contribution in [3.63, 3.8) is 0 Å². The van der Waals surface area contributed by atoms with E-state index in [1.54, 1.807) is 0 Å². The largest absolute Gasteiger partial charge is 0.382 e. The molecular weight excluding hydrogens is 334 g/mol. The van der Waals surface area contributed by atoms with Crippen LogP contribution in [0.1, 0.15) is 24.8 Å². The van der Waals surface area contributed by atoms with Crippen molar-refractivity contribution in [2.75, 3.05) is 18.0 Å². The molecule has 0 amide bonds. The fourth-order valence-electron chi connectivity index (χ4n) is 3.11. The number of amidine groups is 1. The molecule has 7 nitrogen and oxygen atoms in total. The first-order valence-electron chi connectivity index (χ1n) is 8.25. The van der Waals surface area contributed by atoms with Gasteiger partial charge in [0.1, 0.15) is 5.82 Å². The molecule has 1 aromatic carbocycles. The van der Waals surface area contributed by atoms with E-state index >= 15 is 0 Å². The second-order valence-corrected chi connectivity index (χ2v) is 6.55. The van der Waals surface area contributed by atoms with E-state index in [1.807, 2.05) is 24.4 Å². The predicted molar refractivity (Wildman–Crippen MR) is 104 cm³/mol. The summed E-state index contributed by atoms with van der Waals surface area (Å²) >= 11 is 1.13. The van der Waals surface area contributed by atoms with Crippen molar-refractivity contribution in [1.82, 2.24) is 10.5 Å². The predicted octanol–water partition coefficient (Wildman–Crippen LogP) is 1.79. The molecular formula is C17H23N7S. The van der Waals surface area contributed by atoms with Crippen LogP contribution in [0, 0.1) is 0 Å². The lowest BCUT2D eigenvalue weighted by atomic mass is 10.00. The van der Waals surface area contributed by atoms with Crippen LogP contribution in [0.5, 0.6) is 0 Å². The van der Waals surface area contributed by atoms with Gasteiger partial charge in [-0.05, 0) is 55.0 Å². The molecule has 1 aliphatic rings. The molecule has 0 spiro atoms. The van der Waals surface area contributed by atoms with Gasteiger partial charge in [-0.25, -0.2) is 16.4 Å². The maximum Gasteiger partial charge on any atom is 0.153 e. The third-order valence-corrected chi connectivity index (χ3v) is 4.93. The Hall–Kier alpha value is -2.29. The smallest absolute Gasteiger partial charge is 0.153 e. The maximum absolute atomic E-state index is 6.08. The van der Waals surface area contributed by atoms with Crippen LogP contribution >= 0.6 is 11.9 Å². The number of pyridine rings is 1. The van der Waals surface area contributed by atoms with Crippen molar-refractivity contribution >= 4 is 23.6 Å². The summed E-state index contributed by atoms with van der Waals surface area (Å²) in [6.45, 7) is 2.14. The monoisotopic (exact) mass is 357 g/mol. The van der Waals surface area contributed by atoms with Crippen LogP contribution < -0.4 is 27.2 Å². The Morgan fingerprint density at radius 2 is 1.96 bits per heavy atom. The fourth-order valence-corrected chi connectivity index (χ4v) is 3.60. The van der Waals surface area contributed by atoms with Gasteiger partial charge in [0.15, 0.2) is 5.84 Å². The van der Waals surface area contributed by atoms with Crippen LogP contribution in [-0.2, 0) is 0 Å². The Morgan fingerprint density at radius 1 is 1.16 bits per heavy atom. The molecule has 0 radical (unpaired) electrons. The summed E-state index contributed by atoms with van der Waals surface area (Å²) < 4.78 is 0. The van der Waals surface area contributed by atoms with E-state index in [4.69, 9.17) is 16.7 Å². The number of hydrazine groups is 1. The number of piperidine rings is 1. The summed E-state index contributed by atoms with van der Waals surface area (Å²) in [5.41, 5.74) is 10.9. The van der Waals surface area contributed by atoms with Gasteiger partial charge >= 0.3 is 0 Å². The van der Waals surface area contributed by atoms with Gasteiger partial charge in [-0.3, -0.25) is 5.14 Å². The second-order valence-electron chi connectivity index (χ2n) is 5.88. The number of nitrogens with zero attached hydrogens (tertiary/aromatic N) is 3. The van der Waals surface area contributed by atoms with Gasteiger partial charge < -0.3 is 10.6 Å². The highest BCUT2D eigenvalue weighted by Gasteiger charge is 2.16. The molecule has 0 aliphatic carbocycles. The molecule has 0 bridgehead atoms. The van der Waals surface area contributed by atoms with Crippen molar-refractivity contribution in [1.29, 1.82) is 0 Å². The van der Waals surface area contributed by atoms with Crippen LogP contribution in [0.15, 0.2) is 46.5 Å². The zero-order valence-corrected chi connectivity index (χ0v) is 14.8. The zero-order chi connectivity index (χ0) is 17.6. The highest BCUT2D eigenvalue weighted by Crippen LogP contribution is 2.30. The van der Waals surface area contributed by atoms with Gasteiger partial charge in [-0.1, -0.05) is 12.1 Å². The molecule has 0 unspecified atom stereocenters. The summed E-state index contributed by atoms with van der Waals surface area (Å²) in [5, 5.41) is 9.69. The van der Waals surface area contributed by atoms with E-state index < -0.39 is 0 Å². The molecule has 7 N–H and O–H groups in total. The molecule has 132 valence electrons. The molecule has 3 rings (SSSR count). The average molecular weight is 357 g/mol. The summed E-state index contributed by atoms with van der Waals surface area (Å²) in [7, 11) is 0. The van der Waals surface area contributed by atoms with Crippen molar-refractivity contribution in [2.45, 2.75) is 24.2 Å². The standard InChI is InChI=1S/C17H23N7S/c18-17(22-23-19)16-13(5-4-6-14(16)25-20)12-7-8-15(21-11-12)24-9-2-1-3-10-24/h4-8,11,23H,1-3,9-10,19-20H2,(H2,18,22). The summed E-state index contributed by atoms with van der Waals surface area (Å²) in [4.78, 5) is 7.80. The average Bonchev–Trinajstić information content (AvgIpc) is 2.68. The molecule has 1 aromatic heterocycles. The van der Waals surface area contributed by atoms with Crippen molar-refractivity contribution < 1.29 is 0 Å². The number of rotatable bonds is 5. The number of hydrogen-bond acceptors (Lipinski definition) is 7. The van der Waals surface area contributed by atoms with Crippen LogP contribution in [0.4, 0.5) is 5.82 Å². The maximum atomic E-state index is 6.08. The zero-order valence-electron chi connectivity index (χ0n) is 14.0. The second kappa shape index (κ2) is 8.19. The molecule has 8 heteroatoms. The molecule has 2 heterocycles. The molecule has 0 atom stereocenters. The van der Waals surface area contributed by atoms with E-state index in [1.165, 1.54) is 19.3 Å². The number of benzene rings is 1. The van der Waals surface area contributed by atoms with Gasteiger partial charge in [-0.15, -0.1) is 5.10 Å². The lowest BCUT2D eigenvalue weighted by Crippen LogP contribution is -2.30. The summed E-state index contributed by atoms with van der Waals surface area (Å²) in [6, 6.07) is 9.93. The van der Waals surface area contributed by atoms with Gasteiger partial charge in [0.2, 0.25) is 0 Å². The SMILES string of the molecule is NN/N=C(\N)c1c(SN)cccc1-c1ccc(N2CCCCC2)nc1. The summed E-state index contributed by atoms with van der Waals surface area (Å²) in [6.07, 6.45) is 5.62. The van der Waals surface area contributed by atoms with E-state index in [9.17, 15) is 0 Å². The normalized spacial score (nSPS) is 15.3. The van der Waals surface area contributed by atoms with E-state index in [0.717, 1.165) is 52.4 Å². The minimum Gasteiger partial charge on any atom is -0.382 e. The molecule has 25 heavy (non-hydrogen) atoms. The van der Waals surface area contributed by atoms with Gasteiger partial charge in [0, 0.05) is 35.3 Å². The fraction of sp³-hybridized carbons (Fsp3) is 0.294. The lowest BCUT2D eigenvalue weighted by Gasteiger charge is -2.27. The minimum atomic E-state index is 0.283. The molecule has 1 fully saturated rings. The molecule has 2 aromatic rings. The van der Waals surface area contributed by atoms with E-state index in [-0.39, 0.29) is 5.84 Å². The van der Waals surface area contributed by atoms with E-state index in [0.29, 0.717) is 0 Å². The Kier molecular flexibility index (Phi) is 5.75. The van der Waals surface area contributed by atoms with Crippen LogP contribution in [0.3, 0.4) is 0 Å². The first kappa shape index (κ1) is 17.5. The van der Waals surface area contributed by atoms with Crippen LogP contribution in [0.25, 0.3) is 11.1 Å². The molecule has 1 saturated heterocycles. The third kappa shape index (κ3) is 3.87. The number of nitrogens with two attached hydrogens (primary N) is 3. The van der Waals surface area contributed by atoms with E-state index in [2.05, 4.69) is 32.7 Å². The Bertz CT molecular complexity index is 739. The number of hydrogen-bond donors (Lipinski definition) is 4. The Labute approximate surface area is 151 Å². The minimum absolute atomic E-state index is 0.283. The highest BCUT2D eigenvalue weighted by atomic mass is 32.2. The topological polar surface area (TPSA) is 119 Å². The van der Waals surface area contributed by atoms with Gasteiger partial charge in [-0.2, -0.15) is 0 Å². The number of hydrazone groups is 1. The van der Waals surface area contributed by atoms with Crippen LogP contribution in [0.2, 0.25) is 0 Å². The highest BCUT2D eigenvalue weighted by molar-refractivity contribution is 7.97. The summed E-state index contributed by atoms with van der Waals surface area (Å²) in [5.74, 6) is 6.57. The van der Waals surface area contributed by atoms with Crippen molar-refractivity contribution in [3.05, 3.63) is 42.1 Å². The Morgan fingerprint density at radius 3 is 2.60 bits per heavy atom. The number of aromatic nitrogens is 1. The molecule has 0 saturated carbocycles. The first-order valence-corrected chi connectivity index (χ1v) is 9.13. The molecule has 1 aliphatic heterocycles. The lowest BCUT2D eigenvalue weighted by molar-refractivity contribution is 0.573.